The van der Waals surface area contributed by atoms with Crippen LogP contribution in [0.1, 0.15) is 18.1 Å². The van der Waals surface area contributed by atoms with Gasteiger partial charge in [0.2, 0.25) is 5.95 Å². The fourth-order valence-corrected chi connectivity index (χ4v) is 6.74. The van der Waals surface area contributed by atoms with E-state index in [0.29, 0.717) is 15.7 Å². The number of nitrogens with zero attached hydrogens (tertiary/aromatic N) is 3. The van der Waals surface area contributed by atoms with E-state index < -0.39 is 15.6 Å². The highest BCUT2D eigenvalue weighted by atomic mass is 79.9. The third-order valence-electron chi connectivity index (χ3n) is 6.29. The molecule has 1 aliphatic rings. The molecule has 2 heterocycles. The molecule has 7 nitrogen and oxygen atoms in total. The fraction of sp³-hybridized carbons (Fsp3) is 0.154. The second-order valence-corrected chi connectivity index (χ2v) is 13.4. The lowest BCUT2D eigenvalue weighted by molar-refractivity contribution is -0.124. The summed E-state index contributed by atoms with van der Waals surface area (Å²) in [6.07, 6.45) is 1.49. The van der Waals surface area contributed by atoms with Gasteiger partial charge in [-0.15, -0.1) is 0 Å². The molecule has 1 aromatic heterocycles. The van der Waals surface area contributed by atoms with Crippen LogP contribution in [0.2, 0.25) is 10.0 Å². The highest BCUT2D eigenvalue weighted by Gasteiger charge is 2.51. The quantitative estimate of drug-likeness (QED) is 0.230. The zero-order valence-corrected chi connectivity index (χ0v) is 25.3. The number of amides is 1. The van der Waals surface area contributed by atoms with Gasteiger partial charge < -0.3 is 0 Å². The van der Waals surface area contributed by atoms with Gasteiger partial charge in [0.25, 0.3) is 15.9 Å². The van der Waals surface area contributed by atoms with E-state index in [2.05, 4.69) is 41.6 Å². The molecule has 0 saturated carbocycles. The molecule has 1 aliphatic heterocycles. The number of halogens is 4. The van der Waals surface area contributed by atoms with Gasteiger partial charge in [-0.05, 0) is 60.5 Å². The van der Waals surface area contributed by atoms with Gasteiger partial charge in [0.05, 0.1) is 11.9 Å². The van der Waals surface area contributed by atoms with Crippen molar-refractivity contribution >= 4 is 82.6 Å². The first kappa shape index (κ1) is 27.4. The van der Waals surface area contributed by atoms with Crippen LogP contribution in [-0.4, -0.2) is 23.9 Å². The number of nitrogens with one attached hydrogen (secondary N) is 1. The molecule has 1 unspecified atom stereocenters. The standard InChI is InChI=1S/C26H20Br2Cl2N4O3S/c1-26(13-16-2-6-18(27)7-3-16)24(35)33(22-11-20(29)10-21(30)12-22)25-31-15-23(34(25)26)38(36,37)32-14-17-4-8-19(28)9-5-17/h2-12,15,32H,13-14H2,1H3. The first-order valence-corrected chi connectivity index (χ1v) is 15.2. The van der Waals surface area contributed by atoms with Gasteiger partial charge in [0.1, 0.15) is 5.54 Å². The van der Waals surface area contributed by atoms with E-state index in [1.54, 1.807) is 25.1 Å². The van der Waals surface area contributed by atoms with Gasteiger partial charge >= 0.3 is 0 Å². The SMILES string of the molecule is CC1(Cc2ccc(Br)cc2)C(=O)N(c2cc(Cl)cc(Cl)c2)c2ncc(S(=O)(=O)NCc3ccc(Br)cc3)n21. The minimum atomic E-state index is -4.07. The molecule has 12 heteroatoms. The number of sulfonamides is 1. The number of rotatable bonds is 7. The van der Waals surface area contributed by atoms with E-state index in [4.69, 9.17) is 23.2 Å². The van der Waals surface area contributed by atoms with Gasteiger partial charge in [-0.3, -0.25) is 9.36 Å². The first-order valence-electron chi connectivity index (χ1n) is 11.4. The topological polar surface area (TPSA) is 84.3 Å². The van der Waals surface area contributed by atoms with Crippen molar-refractivity contribution in [2.24, 2.45) is 0 Å². The van der Waals surface area contributed by atoms with Crippen LogP contribution in [0, 0.1) is 0 Å². The van der Waals surface area contributed by atoms with Gasteiger partial charge in [-0.2, -0.15) is 0 Å². The summed E-state index contributed by atoms with van der Waals surface area (Å²) in [6, 6.07) is 19.6. The monoisotopic (exact) mass is 696 g/mol. The molecule has 3 aromatic carbocycles. The molecule has 0 radical (unpaired) electrons. The number of aromatic nitrogens is 2. The van der Waals surface area contributed by atoms with Crippen molar-refractivity contribution in [1.82, 2.24) is 14.3 Å². The van der Waals surface area contributed by atoms with E-state index in [0.717, 1.165) is 20.1 Å². The van der Waals surface area contributed by atoms with Crippen LogP contribution in [0.5, 0.6) is 0 Å². The molecule has 1 atom stereocenters. The van der Waals surface area contributed by atoms with E-state index in [-0.39, 0.29) is 29.8 Å². The van der Waals surface area contributed by atoms with Gasteiger partial charge in [0.15, 0.2) is 5.03 Å². The Kier molecular flexibility index (Phi) is 7.49. The summed E-state index contributed by atoms with van der Waals surface area (Å²) in [7, 11) is -4.07. The van der Waals surface area contributed by atoms with Crippen LogP contribution in [0.15, 0.2) is 86.9 Å². The average molecular weight is 699 g/mol. The van der Waals surface area contributed by atoms with Crippen LogP contribution in [-0.2, 0) is 33.3 Å². The summed E-state index contributed by atoms with van der Waals surface area (Å²) in [5.74, 6) is -0.192. The number of fused-ring (bicyclic) bond motifs is 1. The molecule has 0 saturated heterocycles. The van der Waals surface area contributed by atoms with Crippen molar-refractivity contribution in [3.05, 3.63) is 103 Å². The van der Waals surface area contributed by atoms with Crippen molar-refractivity contribution in [2.75, 3.05) is 4.90 Å². The molecule has 0 bridgehead atoms. The maximum Gasteiger partial charge on any atom is 0.260 e. The first-order chi connectivity index (χ1) is 18.0. The Morgan fingerprint density at radius 1 is 0.921 bits per heavy atom. The summed E-state index contributed by atoms with van der Waals surface area (Å²) in [6.45, 7) is 1.78. The highest BCUT2D eigenvalue weighted by Crippen LogP contribution is 2.44. The van der Waals surface area contributed by atoms with E-state index in [9.17, 15) is 13.2 Å². The number of hydrogen-bond donors (Lipinski definition) is 1. The Balaban J connectivity index is 1.60. The zero-order valence-electron chi connectivity index (χ0n) is 19.8. The number of hydrogen-bond acceptors (Lipinski definition) is 4. The average Bonchev–Trinajstić information content (AvgIpc) is 3.38. The molecule has 0 fully saturated rings. The Morgan fingerprint density at radius 3 is 2.05 bits per heavy atom. The van der Waals surface area contributed by atoms with E-state index >= 15 is 0 Å². The van der Waals surface area contributed by atoms with E-state index in [1.807, 2.05) is 48.5 Å². The van der Waals surface area contributed by atoms with Crippen LogP contribution in [0.3, 0.4) is 0 Å². The molecule has 5 rings (SSSR count). The van der Waals surface area contributed by atoms with Crippen LogP contribution in [0.4, 0.5) is 11.6 Å². The minimum absolute atomic E-state index is 0.0706. The normalized spacial score (nSPS) is 17.2. The van der Waals surface area contributed by atoms with E-state index in [1.165, 1.54) is 15.7 Å². The van der Waals surface area contributed by atoms with Gasteiger partial charge in [-0.25, -0.2) is 23.0 Å². The van der Waals surface area contributed by atoms with Crippen LogP contribution >= 0.6 is 55.1 Å². The number of anilines is 2. The Bertz CT molecular complexity index is 1620. The summed E-state index contributed by atoms with van der Waals surface area (Å²) in [5, 5.41) is 0.557. The molecular formula is C26H20Br2Cl2N4O3S. The van der Waals surface area contributed by atoms with Crippen molar-refractivity contribution in [2.45, 2.75) is 30.5 Å². The smallest absolute Gasteiger partial charge is 0.260 e. The Morgan fingerprint density at radius 2 is 1.47 bits per heavy atom. The maximum atomic E-state index is 14.1. The van der Waals surface area contributed by atoms with Gasteiger partial charge in [-0.1, -0.05) is 79.3 Å². The van der Waals surface area contributed by atoms with Crippen molar-refractivity contribution < 1.29 is 13.2 Å². The lowest BCUT2D eigenvalue weighted by Gasteiger charge is -2.26. The third-order valence-corrected chi connectivity index (χ3v) is 9.15. The maximum absolute atomic E-state index is 14.1. The highest BCUT2D eigenvalue weighted by molar-refractivity contribution is 9.10. The van der Waals surface area contributed by atoms with Crippen LogP contribution in [0.25, 0.3) is 0 Å². The Labute approximate surface area is 247 Å². The van der Waals surface area contributed by atoms with Crippen molar-refractivity contribution in [3.63, 3.8) is 0 Å². The third kappa shape index (κ3) is 5.17. The summed E-state index contributed by atoms with van der Waals surface area (Å²) in [5.41, 5.74) is 0.712. The van der Waals surface area contributed by atoms with Gasteiger partial charge in [0, 0.05) is 32.0 Å². The zero-order chi connectivity index (χ0) is 27.2. The predicted octanol–water partition coefficient (Wildman–Crippen LogP) is 6.83. The fourth-order valence-electron chi connectivity index (χ4n) is 4.48. The lowest BCUT2D eigenvalue weighted by atomic mass is 9.92. The molecule has 0 aliphatic carbocycles. The number of carbonyl (C=O) groups excluding carboxylic acids is 1. The molecule has 196 valence electrons. The molecule has 1 N–H and O–H groups in total. The second-order valence-electron chi connectivity index (χ2n) is 9.03. The predicted molar refractivity (Wildman–Crippen MR) is 155 cm³/mol. The summed E-state index contributed by atoms with van der Waals surface area (Å²) >= 11 is 19.3. The summed E-state index contributed by atoms with van der Waals surface area (Å²) < 4.78 is 33.1. The minimum Gasteiger partial charge on any atom is -0.284 e. The second kappa shape index (κ2) is 10.4. The largest absolute Gasteiger partial charge is 0.284 e. The molecule has 1 amide bonds. The molecular weight excluding hydrogens is 679 g/mol. The lowest BCUT2D eigenvalue weighted by Crippen LogP contribution is -2.42. The molecule has 0 spiro atoms. The molecule has 4 aromatic rings. The number of imidazole rings is 1. The Hall–Kier alpha value is -2.21. The van der Waals surface area contributed by atoms with Crippen LogP contribution < -0.4 is 9.62 Å². The molecule has 38 heavy (non-hydrogen) atoms. The number of benzene rings is 3. The van der Waals surface area contributed by atoms with Crippen molar-refractivity contribution in [1.29, 1.82) is 0 Å². The summed E-state index contributed by atoms with van der Waals surface area (Å²) in [4.78, 5) is 19.8. The van der Waals surface area contributed by atoms with Crippen molar-refractivity contribution in [3.8, 4) is 0 Å². The number of carbonyl (C=O) groups is 1.